The summed E-state index contributed by atoms with van der Waals surface area (Å²) in [7, 11) is 1.92. The van der Waals surface area contributed by atoms with Crippen molar-refractivity contribution in [3.8, 4) is 0 Å². The van der Waals surface area contributed by atoms with Crippen LogP contribution in [-0.2, 0) is 24.8 Å². The molecule has 1 N–H and O–H groups in total. The highest BCUT2D eigenvalue weighted by Gasteiger charge is 2.26. The van der Waals surface area contributed by atoms with E-state index in [2.05, 4.69) is 20.8 Å². The topological polar surface area (TPSA) is 59.8 Å². The van der Waals surface area contributed by atoms with Gasteiger partial charge in [-0.15, -0.1) is 11.3 Å². The number of aromatic nitrogens is 3. The van der Waals surface area contributed by atoms with Gasteiger partial charge in [-0.1, -0.05) is 0 Å². The van der Waals surface area contributed by atoms with Crippen LogP contribution in [0.2, 0.25) is 0 Å². The van der Waals surface area contributed by atoms with Gasteiger partial charge in [-0.2, -0.15) is 5.10 Å². The quantitative estimate of drug-likeness (QED) is 0.891. The number of nitrogens with one attached hydrogen (secondary N) is 1. The summed E-state index contributed by atoms with van der Waals surface area (Å²) in [5.41, 5.74) is 3.24. The van der Waals surface area contributed by atoms with Crippen molar-refractivity contribution in [3.63, 3.8) is 0 Å². The summed E-state index contributed by atoms with van der Waals surface area (Å²) < 4.78 is 1.84. The third-order valence-electron chi connectivity index (χ3n) is 3.92. The van der Waals surface area contributed by atoms with Gasteiger partial charge in [-0.05, 0) is 31.7 Å². The second-order valence-corrected chi connectivity index (χ2v) is 6.50. The lowest BCUT2D eigenvalue weighted by Gasteiger charge is -2.03. The lowest BCUT2D eigenvalue weighted by molar-refractivity contribution is -0.121. The molecule has 0 bridgehead atoms. The Bertz CT molecular complexity index is 642. The number of aryl methyl sites for hydroxylation is 2. The van der Waals surface area contributed by atoms with E-state index in [4.69, 9.17) is 0 Å². The summed E-state index contributed by atoms with van der Waals surface area (Å²) >= 11 is 1.71. The summed E-state index contributed by atoms with van der Waals surface area (Å²) in [5, 5.41) is 10.4. The molecule has 21 heavy (non-hydrogen) atoms. The van der Waals surface area contributed by atoms with Crippen LogP contribution in [0.25, 0.3) is 0 Å². The Balaban J connectivity index is 1.44. The second kappa shape index (κ2) is 5.97. The largest absolute Gasteiger partial charge is 0.350 e. The van der Waals surface area contributed by atoms with Crippen LogP contribution in [0, 0.1) is 6.92 Å². The minimum atomic E-state index is 0.0687. The molecule has 0 unspecified atom stereocenters. The molecule has 0 aliphatic heterocycles. The van der Waals surface area contributed by atoms with E-state index in [0.717, 1.165) is 23.4 Å². The van der Waals surface area contributed by atoms with Crippen LogP contribution in [0.5, 0.6) is 0 Å². The summed E-state index contributed by atoms with van der Waals surface area (Å²) in [6.45, 7) is 2.56. The van der Waals surface area contributed by atoms with Crippen LogP contribution in [-0.4, -0.2) is 20.7 Å². The maximum absolute atomic E-state index is 11.9. The molecule has 3 rings (SSSR count). The fourth-order valence-electron chi connectivity index (χ4n) is 2.24. The minimum absolute atomic E-state index is 0.0687. The molecular formula is C15H20N4OS. The van der Waals surface area contributed by atoms with E-state index in [1.807, 2.05) is 24.9 Å². The maximum atomic E-state index is 11.9. The number of thiazole rings is 1. The molecule has 112 valence electrons. The van der Waals surface area contributed by atoms with E-state index >= 15 is 0 Å². The Morgan fingerprint density at radius 3 is 3.00 bits per heavy atom. The molecule has 6 heteroatoms. The van der Waals surface area contributed by atoms with Gasteiger partial charge in [0.25, 0.3) is 0 Å². The molecule has 1 amide bonds. The van der Waals surface area contributed by atoms with Gasteiger partial charge >= 0.3 is 0 Å². The van der Waals surface area contributed by atoms with E-state index in [0.29, 0.717) is 18.9 Å². The first-order chi connectivity index (χ1) is 10.1. The smallest absolute Gasteiger partial charge is 0.220 e. The van der Waals surface area contributed by atoms with Crippen molar-refractivity contribution in [2.45, 2.75) is 45.1 Å². The first kappa shape index (κ1) is 14.3. The molecule has 2 aromatic rings. The van der Waals surface area contributed by atoms with Gasteiger partial charge in [-0.25, -0.2) is 4.98 Å². The average molecular weight is 304 g/mol. The van der Waals surface area contributed by atoms with Crippen LogP contribution in [0.1, 0.15) is 47.1 Å². The Labute approximate surface area is 128 Å². The monoisotopic (exact) mass is 304 g/mol. The predicted octanol–water partition coefficient (Wildman–Crippen LogP) is 2.31. The first-order valence-corrected chi connectivity index (χ1v) is 8.20. The molecule has 0 radical (unpaired) electrons. The highest BCUT2D eigenvalue weighted by atomic mass is 32.1. The summed E-state index contributed by atoms with van der Waals surface area (Å²) in [6, 6.07) is 0. The van der Waals surface area contributed by atoms with Crippen molar-refractivity contribution in [2.24, 2.45) is 7.05 Å². The maximum Gasteiger partial charge on any atom is 0.220 e. The molecule has 2 aromatic heterocycles. The number of rotatable bonds is 6. The Morgan fingerprint density at radius 2 is 2.33 bits per heavy atom. The standard InChI is InChI=1S/C15H20N4OS/c1-10-12(7-17-19(10)2)5-6-14(20)16-8-13-9-21-15(18-13)11-3-4-11/h7,9,11H,3-6,8H2,1-2H3,(H,16,20). The summed E-state index contributed by atoms with van der Waals surface area (Å²) in [6.07, 6.45) is 5.60. The third-order valence-corrected chi connectivity index (χ3v) is 4.98. The number of amides is 1. The van der Waals surface area contributed by atoms with Crippen molar-refractivity contribution in [1.82, 2.24) is 20.1 Å². The van der Waals surface area contributed by atoms with Gasteiger partial charge in [0.1, 0.15) is 0 Å². The Hall–Kier alpha value is -1.69. The number of hydrogen-bond donors (Lipinski definition) is 1. The molecule has 1 aliphatic rings. The molecule has 0 aromatic carbocycles. The minimum Gasteiger partial charge on any atom is -0.350 e. The average Bonchev–Trinajstić information content (AvgIpc) is 3.14. The van der Waals surface area contributed by atoms with E-state index in [1.54, 1.807) is 11.3 Å². The van der Waals surface area contributed by atoms with Gasteiger partial charge in [-0.3, -0.25) is 9.48 Å². The number of carbonyl (C=O) groups excluding carboxylic acids is 1. The van der Waals surface area contributed by atoms with Crippen LogP contribution < -0.4 is 5.32 Å². The molecular weight excluding hydrogens is 284 g/mol. The van der Waals surface area contributed by atoms with Gasteiger partial charge in [0.2, 0.25) is 5.91 Å². The van der Waals surface area contributed by atoms with Crippen molar-refractivity contribution >= 4 is 17.2 Å². The lowest BCUT2D eigenvalue weighted by atomic mass is 10.1. The van der Waals surface area contributed by atoms with Gasteiger partial charge in [0.05, 0.1) is 23.4 Å². The normalized spacial score (nSPS) is 14.4. The van der Waals surface area contributed by atoms with Crippen LogP contribution >= 0.6 is 11.3 Å². The number of hydrogen-bond acceptors (Lipinski definition) is 4. The van der Waals surface area contributed by atoms with Crippen molar-refractivity contribution < 1.29 is 4.79 Å². The van der Waals surface area contributed by atoms with Crippen LogP contribution in [0.4, 0.5) is 0 Å². The molecule has 1 saturated carbocycles. The molecule has 1 aliphatic carbocycles. The Kier molecular flexibility index (Phi) is 4.05. The number of carbonyl (C=O) groups is 1. The highest BCUT2D eigenvalue weighted by Crippen LogP contribution is 2.41. The highest BCUT2D eigenvalue weighted by molar-refractivity contribution is 7.09. The fraction of sp³-hybridized carbons (Fsp3) is 0.533. The van der Waals surface area contributed by atoms with Gasteiger partial charge in [0, 0.05) is 30.5 Å². The lowest BCUT2D eigenvalue weighted by Crippen LogP contribution is -2.23. The van der Waals surface area contributed by atoms with Crippen LogP contribution in [0.3, 0.4) is 0 Å². The fourth-order valence-corrected chi connectivity index (χ4v) is 3.23. The van der Waals surface area contributed by atoms with Crippen LogP contribution in [0.15, 0.2) is 11.6 Å². The Morgan fingerprint density at radius 1 is 1.52 bits per heavy atom. The number of nitrogens with zero attached hydrogens (tertiary/aromatic N) is 3. The van der Waals surface area contributed by atoms with E-state index in [1.165, 1.54) is 17.8 Å². The first-order valence-electron chi connectivity index (χ1n) is 7.32. The van der Waals surface area contributed by atoms with E-state index < -0.39 is 0 Å². The van der Waals surface area contributed by atoms with Gasteiger partial charge in [0.15, 0.2) is 0 Å². The molecule has 1 fully saturated rings. The van der Waals surface area contributed by atoms with Gasteiger partial charge < -0.3 is 5.32 Å². The van der Waals surface area contributed by atoms with Crippen molar-refractivity contribution in [3.05, 3.63) is 33.5 Å². The molecule has 0 atom stereocenters. The van der Waals surface area contributed by atoms with E-state index in [9.17, 15) is 4.79 Å². The SMILES string of the molecule is Cc1c(CCC(=O)NCc2csc(C3CC3)n2)cnn1C. The zero-order valence-corrected chi connectivity index (χ0v) is 13.2. The zero-order valence-electron chi connectivity index (χ0n) is 12.4. The van der Waals surface area contributed by atoms with Crippen molar-refractivity contribution in [2.75, 3.05) is 0 Å². The molecule has 2 heterocycles. The van der Waals surface area contributed by atoms with Crippen molar-refractivity contribution in [1.29, 1.82) is 0 Å². The van der Waals surface area contributed by atoms with E-state index in [-0.39, 0.29) is 5.91 Å². The third kappa shape index (κ3) is 3.50. The summed E-state index contributed by atoms with van der Waals surface area (Å²) in [4.78, 5) is 16.5. The predicted molar refractivity (Wildman–Crippen MR) is 82.2 cm³/mol. The molecule has 0 spiro atoms. The second-order valence-electron chi connectivity index (χ2n) is 5.61. The molecule has 0 saturated heterocycles. The summed E-state index contributed by atoms with van der Waals surface area (Å²) in [5.74, 6) is 0.757. The zero-order chi connectivity index (χ0) is 14.8. The molecule has 5 nitrogen and oxygen atoms in total.